The molecule has 34 heavy (non-hydrogen) atoms. The second kappa shape index (κ2) is 11.9. The molecule has 0 heterocycles. The van der Waals surface area contributed by atoms with E-state index in [0.717, 1.165) is 21.5 Å². The first kappa shape index (κ1) is 23.4. The van der Waals surface area contributed by atoms with E-state index in [2.05, 4.69) is 0 Å². The monoisotopic (exact) mass is 458 g/mol. The van der Waals surface area contributed by atoms with Crippen molar-refractivity contribution in [3.05, 3.63) is 96.1 Å². The van der Waals surface area contributed by atoms with Crippen molar-refractivity contribution < 1.29 is 28.5 Å². The van der Waals surface area contributed by atoms with Gasteiger partial charge in [-0.25, -0.2) is 9.59 Å². The molecule has 6 nitrogen and oxygen atoms in total. The average molecular weight is 459 g/mol. The highest BCUT2D eigenvalue weighted by molar-refractivity contribution is 5.96. The Morgan fingerprint density at radius 2 is 0.853 bits per heavy atom. The number of carbonyl (C=O) groups excluding carboxylic acids is 2. The Bertz CT molecular complexity index is 1170. The summed E-state index contributed by atoms with van der Waals surface area (Å²) in [6.07, 6.45) is 0. The molecule has 6 heteroatoms. The molecule has 0 atom stereocenters. The summed E-state index contributed by atoms with van der Waals surface area (Å²) in [5, 5.41) is 4.14. The molecular formula is C28H26O6. The fourth-order valence-corrected chi connectivity index (χ4v) is 3.51. The number of hydrogen-bond donors (Lipinski definition) is 0. The first-order valence-corrected chi connectivity index (χ1v) is 11.2. The van der Waals surface area contributed by atoms with E-state index in [9.17, 15) is 9.59 Å². The normalized spacial score (nSPS) is 10.9. The second-order valence-corrected chi connectivity index (χ2v) is 7.62. The molecule has 0 fully saturated rings. The summed E-state index contributed by atoms with van der Waals surface area (Å²) in [4.78, 5) is 24.3. The van der Waals surface area contributed by atoms with Gasteiger partial charge in [0.25, 0.3) is 0 Å². The Balaban J connectivity index is 1.05. The minimum atomic E-state index is -0.376. The molecule has 4 aromatic carbocycles. The first-order chi connectivity index (χ1) is 16.7. The van der Waals surface area contributed by atoms with E-state index in [1.165, 1.54) is 0 Å². The minimum Gasteiger partial charge on any atom is -0.460 e. The van der Waals surface area contributed by atoms with Crippen molar-refractivity contribution in [2.24, 2.45) is 0 Å². The van der Waals surface area contributed by atoms with Crippen LogP contribution in [0.3, 0.4) is 0 Å². The van der Waals surface area contributed by atoms with Crippen LogP contribution in [0.1, 0.15) is 20.7 Å². The van der Waals surface area contributed by atoms with Crippen LogP contribution in [0.2, 0.25) is 0 Å². The van der Waals surface area contributed by atoms with Crippen molar-refractivity contribution in [2.75, 3.05) is 39.6 Å². The van der Waals surface area contributed by atoms with Gasteiger partial charge in [0.05, 0.1) is 37.6 Å². The maximum absolute atomic E-state index is 12.2. The molecule has 0 saturated heterocycles. The van der Waals surface area contributed by atoms with Crippen LogP contribution in [0.25, 0.3) is 21.5 Å². The summed E-state index contributed by atoms with van der Waals surface area (Å²) >= 11 is 0. The van der Waals surface area contributed by atoms with Crippen molar-refractivity contribution in [3.63, 3.8) is 0 Å². The fraction of sp³-hybridized carbons (Fsp3) is 0.214. The van der Waals surface area contributed by atoms with Crippen molar-refractivity contribution in [1.82, 2.24) is 0 Å². The highest BCUT2D eigenvalue weighted by Crippen LogP contribution is 2.17. The van der Waals surface area contributed by atoms with Crippen LogP contribution in [0.4, 0.5) is 0 Å². The van der Waals surface area contributed by atoms with Crippen LogP contribution < -0.4 is 0 Å². The van der Waals surface area contributed by atoms with Crippen LogP contribution in [0, 0.1) is 0 Å². The molecule has 0 N–H and O–H groups in total. The molecule has 0 aromatic heterocycles. The molecule has 4 rings (SSSR count). The largest absolute Gasteiger partial charge is 0.460 e. The summed E-state index contributed by atoms with van der Waals surface area (Å²) < 4.78 is 21.3. The van der Waals surface area contributed by atoms with Crippen molar-refractivity contribution in [1.29, 1.82) is 0 Å². The van der Waals surface area contributed by atoms with E-state index >= 15 is 0 Å². The van der Waals surface area contributed by atoms with Crippen LogP contribution in [-0.2, 0) is 18.9 Å². The van der Waals surface area contributed by atoms with Crippen molar-refractivity contribution in [2.45, 2.75) is 0 Å². The predicted molar refractivity (Wildman–Crippen MR) is 130 cm³/mol. The minimum absolute atomic E-state index is 0.162. The quantitative estimate of drug-likeness (QED) is 0.232. The van der Waals surface area contributed by atoms with Crippen LogP contribution >= 0.6 is 0 Å². The van der Waals surface area contributed by atoms with Gasteiger partial charge in [-0.1, -0.05) is 60.7 Å². The topological polar surface area (TPSA) is 71.1 Å². The molecule has 0 bridgehead atoms. The van der Waals surface area contributed by atoms with Gasteiger partial charge in [-0.15, -0.1) is 0 Å². The number of rotatable bonds is 11. The Morgan fingerprint density at radius 3 is 1.29 bits per heavy atom. The molecule has 0 aliphatic rings. The van der Waals surface area contributed by atoms with E-state index in [-0.39, 0.29) is 38.4 Å². The van der Waals surface area contributed by atoms with Crippen molar-refractivity contribution >= 4 is 33.5 Å². The van der Waals surface area contributed by atoms with E-state index < -0.39 is 0 Å². The van der Waals surface area contributed by atoms with Gasteiger partial charge in [0.2, 0.25) is 0 Å². The highest BCUT2D eigenvalue weighted by atomic mass is 16.6. The lowest BCUT2D eigenvalue weighted by Gasteiger charge is -2.08. The second-order valence-electron chi connectivity index (χ2n) is 7.62. The van der Waals surface area contributed by atoms with E-state index in [0.29, 0.717) is 24.3 Å². The van der Waals surface area contributed by atoms with Crippen LogP contribution in [-0.4, -0.2) is 51.6 Å². The molecule has 0 radical (unpaired) electrons. The van der Waals surface area contributed by atoms with Gasteiger partial charge in [-0.2, -0.15) is 0 Å². The lowest BCUT2D eigenvalue weighted by molar-refractivity contribution is 0.00230. The Kier molecular flexibility index (Phi) is 8.22. The van der Waals surface area contributed by atoms with Gasteiger partial charge in [0.1, 0.15) is 13.2 Å². The van der Waals surface area contributed by atoms with Crippen LogP contribution in [0.15, 0.2) is 84.9 Å². The lowest BCUT2D eigenvalue weighted by Crippen LogP contribution is -2.15. The third-order valence-electron chi connectivity index (χ3n) is 5.26. The molecule has 0 unspecified atom stereocenters. The molecular weight excluding hydrogens is 432 g/mol. The standard InChI is InChI=1S/C28H26O6/c29-27(25-11-9-21-5-1-3-7-23(21)19-25)33-17-15-31-13-14-32-16-18-34-28(30)26-12-10-22-6-2-4-8-24(22)20-26/h1-12,19-20H,13-18H2. The van der Waals surface area contributed by atoms with Gasteiger partial charge in [-0.3, -0.25) is 0 Å². The van der Waals surface area contributed by atoms with Crippen molar-refractivity contribution in [3.8, 4) is 0 Å². The lowest BCUT2D eigenvalue weighted by atomic mass is 10.1. The third-order valence-corrected chi connectivity index (χ3v) is 5.26. The number of benzene rings is 4. The Morgan fingerprint density at radius 1 is 0.471 bits per heavy atom. The zero-order valence-electron chi connectivity index (χ0n) is 18.8. The molecule has 4 aromatic rings. The maximum Gasteiger partial charge on any atom is 0.338 e. The predicted octanol–water partition coefficient (Wildman–Crippen LogP) is 5.04. The summed E-state index contributed by atoms with van der Waals surface area (Å²) in [6, 6.07) is 26.6. The van der Waals surface area contributed by atoms with Gasteiger partial charge < -0.3 is 18.9 Å². The number of carbonyl (C=O) groups is 2. The van der Waals surface area contributed by atoms with Gasteiger partial charge in [0, 0.05) is 0 Å². The summed E-state index contributed by atoms with van der Waals surface area (Å²) in [6.45, 7) is 1.58. The molecule has 0 amide bonds. The number of hydrogen-bond acceptors (Lipinski definition) is 6. The molecule has 174 valence electrons. The summed E-state index contributed by atoms with van der Waals surface area (Å²) in [5.41, 5.74) is 1.03. The number of esters is 2. The zero-order chi connectivity index (χ0) is 23.6. The summed E-state index contributed by atoms with van der Waals surface area (Å²) in [5.74, 6) is -0.752. The molecule has 0 aliphatic carbocycles. The average Bonchev–Trinajstić information content (AvgIpc) is 2.88. The molecule has 0 spiro atoms. The highest BCUT2D eigenvalue weighted by Gasteiger charge is 2.09. The first-order valence-electron chi connectivity index (χ1n) is 11.2. The maximum atomic E-state index is 12.2. The molecule has 0 saturated carbocycles. The van der Waals surface area contributed by atoms with E-state index in [1.807, 2.05) is 72.8 Å². The van der Waals surface area contributed by atoms with E-state index in [4.69, 9.17) is 18.9 Å². The van der Waals surface area contributed by atoms with Crippen LogP contribution in [0.5, 0.6) is 0 Å². The Hall–Kier alpha value is -3.74. The third kappa shape index (κ3) is 6.41. The SMILES string of the molecule is O=C(OCCOCCOCCOC(=O)c1ccc2ccccc2c1)c1ccc2ccccc2c1. The number of fused-ring (bicyclic) bond motifs is 2. The number of ether oxygens (including phenoxy) is 4. The van der Waals surface area contributed by atoms with Gasteiger partial charge in [-0.05, 0) is 45.8 Å². The molecule has 0 aliphatic heterocycles. The van der Waals surface area contributed by atoms with Gasteiger partial charge >= 0.3 is 11.9 Å². The Labute approximate surface area is 198 Å². The van der Waals surface area contributed by atoms with Gasteiger partial charge in [0.15, 0.2) is 0 Å². The zero-order valence-corrected chi connectivity index (χ0v) is 18.8. The fourth-order valence-electron chi connectivity index (χ4n) is 3.51. The smallest absolute Gasteiger partial charge is 0.338 e. The summed E-state index contributed by atoms with van der Waals surface area (Å²) in [7, 11) is 0. The van der Waals surface area contributed by atoms with E-state index in [1.54, 1.807) is 12.1 Å².